The third-order valence-electron chi connectivity index (χ3n) is 1.96. The minimum Gasteiger partial charge on any atom is -0.481 e. The van der Waals surface area contributed by atoms with Crippen LogP contribution in [0.2, 0.25) is 0 Å². The molecule has 0 aliphatic heterocycles. The van der Waals surface area contributed by atoms with Crippen LogP contribution in [0.5, 0.6) is 0 Å². The summed E-state index contributed by atoms with van der Waals surface area (Å²) in [7, 11) is 0. The van der Waals surface area contributed by atoms with Gasteiger partial charge in [0.1, 0.15) is 13.0 Å². The first kappa shape index (κ1) is 17.4. The first-order valence-electron chi connectivity index (χ1n) is 6.36. The molecule has 0 aromatic carbocycles. The van der Waals surface area contributed by atoms with Crippen LogP contribution in [-0.4, -0.2) is 41.8 Å². The lowest BCUT2D eigenvalue weighted by Gasteiger charge is -2.36. The van der Waals surface area contributed by atoms with E-state index in [1.54, 1.807) is 0 Å². The van der Waals surface area contributed by atoms with Crippen LogP contribution in [0.4, 0.5) is 0 Å². The summed E-state index contributed by atoms with van der Waals surface area (Å²) in [6, 6.07) is 0. The highest BCUT2D eigenvalue weighted by molar-refractivity contribution is 5.67. The second-order valence-electron chi connectivity index (χ2n) is 5.17. The summed E-state index contributed by atoms with van der Waals surface area (Å²) in [4.78, 5) is 11.0. The van der Waals surface area contributed by atoms with Crippen LogP contribution in [-0.2, 0) is 19.0 Å². The number of hydrogen-bond acceptors (Lipinski definition) is 4. The van der Waals surface area contributed by atoms with Gasteiger partial charge in [-0.2, -0.15) is 0 Å². The number of ether oxygens (including phenoxy) is 3. The molecule has 18 heavy (non-hydrogen) atoms. The molecule has 0 saturated carbocycles. The molecule has 0 unspecified atom stereocenters. The maximum atomic E-state index is 11.0. The number of carbonyl (C=O) groups is 1. The molecule has 1 N–H and O–H groups in total. The number of hydrogen-bond donors (Lipinski definition) is 1. The van der Waals surface area contributed by atoms with Crippen LogP contribution < -0.4 is 0 Å². The summed E-state index contributed by atoms with van der Waals surface area (Å²) in [5.41, 5.74) is 0. The number of carboxylic acid groups (broad SMARTS) is 1. The van der Waals surface area contributed by atoms with E-state index >= 15 is 0 Å². The Balaban J connectivity index is 4.91. The Hall–Kier alpha value is -0.650. The van der Waals surface area contributed by atoms with Crippen molar-refractivity contribution < 1.29 is 24.1 Å². The molecule has 0 aromatic rings. The van der Waals surface area contributed by atoms with Gasteiger partial charge in [0.25, 0.3) is 0 Å². The zero-order valence-corrected chi connectivity index (χ0v) is 12.2. The molecule has 5 heteroatoms. The van der Waals surface area contributed by atoms with Crippen molar-refractivity contribution >= 4 is 5.97 Å². The van der Waals surface area contributed by atoms with E-state index in [0.29, 0.717) is 0 Å². The molecule has 0 saturated heterocycles. The van der Waals surface area contributed by atoms with E-state index in [-0.39, 0.29) is 31.3 Å². The van der Waals surface area contributed by atoms with Crippen LogP contribution in [0, 0.1) is 0 Å². The van der Waals surface area contributed by atoms with Crippen molar-refractivity contribution in [1.82, 2.24) is 0 Å². The van der Waals surface area contributed by atoms with E-state index in [1.807, 2.05) is 41.5 Å². The highest BCUT2D eigenvalue weighted by Crippen LogP contribution is 2.24. The highest BCUT2D eigenvalue weighted by atomic mass is 16.7. The van der Waals surface area contributed by atoms with Gasteiger partial charge in [-0.1, -0.05) is 0 Å². The standard InChI is InChI=1S/C13H26O5/c1-9(2)16-8-13(7-12(14)15,17-10(3)4)18-11(5)6/h9-11H,7-8H2,1-6H3,(H,14,15). The van der Waals surface area contributed by atoms with Gasteiger partial charge in [-0.05, 0) is 41.5 Å². The zero-order valence-electron chi connectivity index (χ0n) is 12.2. The van der Waals surface area contributed by atoms with Crippen LogP contribution in [0.1, 0.15) is 48.0 Å². The summed E-state index contributed by atoms with van der Waals surface area (Å²) < 4.78 is 16.9. The SMILES string of the molecule is CC(C)OCC(CC(=O)O)(OC(C)C)OC(C)C. The van der Waals surface area contributed by atoms with E-state index in [1.165, 1.54) is 0 Å². The topological polar surface area (TPSA) is 65.0 Å². The largest absolute Gasteiger partial charge is 0.481 e. The Morgan fingerprint density at radius 1 is 1.00 bits per heavy atom. The van der Waals surface area contributed by atoms with Crippen molar-refractivity contribution in [2.75, 3.05) is 6.61 Å². The van der Waals surface area contributed by atoms with E-state index in [2.05, 4.69) is 0 Å². The third kappa shape index (κ3) is 7.63. The number of carboxylic acids is 1. The van der Waals surface area contributed by atoms with E-state index in [0.717, 1.165) is 0 Å². The normalized spacial score (nSPS) is 12.7. The summed E-state index contributed by atoms with van der Waals surface area (Å²) in [6.07, 6.45) is -0.529. The molecule has 108 valence electrons. The molecule has 5 nitrogen and oxygen atoms in total. The fraction of sp³-hybridized carbons (Fsp3) is 0.923. The van der Waals surface area contributed by atoms with Gasteiger partial charge in [0.05, 0.1) is 18.3 Å². The maximum absolute atomic E-state index is 11.0. The van der Waals surface area contributed by atoms with Crippen LogP contribution in [0.15, 0.2) is 0 Å². The average Bonchev–Trinajstić information content (AvgIpc) is 2.11. The molecular formula is C13H26O5. The summed E-state index contributed by atoms with van der Waals surface area (Å²) >= 11 is 0. The van der Waals surface area contributed by atoms with Crippen molar-refractivity contribution in [3.63, 3.8) is 0 Å². The third-order valence-corrected chi connectivity index (χ3v) is 1.96. The van der Waals surface area contributed by atoms with Gasteiger partial charge in [0.15, 0.2) is 0 Å². The van der Waals surface area contributed by atoms with E-state index in [4.69, 9.17) is 19.3 Å². The second kappa shape index (κ2) is 7.71. The van der Waals surface area contributed by atoms with E-state index < -0.39 is 11.8 Å². The fourth-order valence-corrected chi connectivity index (χ4v) is 1.61. The highest BCUT2D eigenvalue weighted by Gasteiger charge is 2.38. The zero-order chi connectivity index (χ0) is 14.3. The molecule has 0 atom stereocenters. The lowest BCUT2D eigenvalue weighted by molar-refractivity contribution is -0.293. The van der Waals surface area contributed by atoms with Crippen LogP contribution in [0.3, 0.4) is 0 Å². The average molecular weight is 262 g/mol. The summed E-state index contributed by atoms with van der Waals surface area (Å²) in [5.74, 6) is -2.19. The first-order chi connectivity index (χ1) is 8.17. The lowest BCUT2D eigenvalue weighted by Crippen LogP contribution is -2.47. The molecule has 0 aliphatic carbocycles. The second-order valence-corrected chi connectivity index (χ2v) is 5.17. The Bertz CT molecular complexity index is 238. The molecule has 0 spiro atoms. The quantitative estimate of drug-likeness (QED) is 0.646. The maximum Gasteiger partial charge on any atom is 0.308 e. The van der Waals surface area contributed by atoms with Gasteiger partial charge in [-0.15, -0.1) is 0 Å². The Kier molecular flexibility index (Phi) is 7.43. The van der Waals surface area contributed by atoms with Crippen LogP contribution >= 0.6 is 0 Å². The molecule has 0 amide bonds. The van der Waals surface area contributed by atoms with Gasteiger partial charge < -0.3 is 19.3 Å². The van der Waals surface area contributed by atoms with Crippen molar-refractivity contribution in [3.8, 4) is 0 Å². The minimum absolute atomic E-state index is 0.00954. The lowest BCUT2D eigenvalue weighted by atomic mass is 10.2. The summed E-state index contributed by atoms with van der Waals surface area (Å²) in [6.45, 7) is 11.2. The molecule has 0 aromatic heterocycles. The van der Waals surface area contributed by atoms with Crippen LogP contribution in [0.25, 0.3) is 0 Å². The molecule has 0 radical (unpaired) electrons. The van der Waals surface area contributed by atoms with Crippen molar-refractivity contribution in [1.29, 1.82) is 0 Å². The Morgan fingerprint density at radius 3 is 1.72 bits per heavy atom. The monoisotopic (exact) mass is 262 g/mol. The van der Waals surface area contributed by atoms with Gasteiger partial charge in [0.2, 0.25) is 5.79 Å². The molecule has 0 heterocycles. The molecule has 0 aliphatic rings. The van der Waals surface area contributed by atoms with Gasteiger partial charge in [-0.25, -0.2) is 0 Å². The number of aliphatic carboxylic acids is 1. The predicted molar refractivity (Wildman–Crippen MR) is 68.5 cm³/mol. The predicted octanol–water partition coefficient (Wildman–Crippen LogP) is 2.43. The Morgan fingerprint density at radius 2 is 1.44 bits per heavy atom. The molecule has 0 rings (SSSR count). The minimum atomic E-state index is -1.22. The fourth-order valence-electron chi connectivity index (χ4n) is 1.61. The molecular weight excluding hydrogens is 236 g/mol. The van der Waals surface area contributed by atoms with Gasteiger partial charge >= 0.3 is 5.97 Å². The molecule has 0 fully saturated rings. The number of rotatable bonds is 9. The van der Waals surface area contributed by atoms with E-state index in [9.17, 15) is 4.79 Å². The van der Waals surface area contributed by atoms with Gasteiger partial charge in [0, 0.05) is 0 Å². The molecule has 0 bridgehead atoms. The van der Waals surface area contributed by atoms with Crippen molar-refractivity contribution in [2.24, 2.45) is 0 Å². The smallest absolute Gasteiger partial charge is 0.308 e. The van der Waals surface area contributed by atoms with Gasteiger partial charge in [-0.3, -0.25) is 4.79 Å². The van der Waals surface area contributed by atoms with Crippen molar-refractivity contribution in [2.45, 2.75) is 72.1 Å². The van der Waals surface area contributed by atoms with Crippen molar-refractivity contribution in [3.05, 3.63) is 0 Å². The summed E-state index contributed by atoms with van der Waals surface area (Å²) in [5, 5.41) is 9.02. The first-order valence-corrected chi connectivity index (χ1v) is 6.36. The Labute approximate surface area is 109 Å².